The molecule has 0 saturated heterocycles. The van der Waals surface area contributed by atoms with E-state index in [0.717, 1.165) is 16.6 Å². The Balaban J connectivity index is 1.62. The average molecular weight is 390 g/mol. The molecule has 2 heterocycles. The highest BCUT2D eigenvalue weighted by molar-refractivity contribution is 6.13. The number of hydrogen-bond donors (Lipinski definition) is 0. The highest BCUT2D eigenvalue weighted by Gasteiger charge is 2.14. The molecule has 30 heavy (non-hydrogen) atoms. The van der Waals surface area contributed by atoms with E-state index in [9.17, 15) is 0 Å². The summed E-state index contributed by atoms with van der Waals surface area (Å²) >= 11 is 0. The molecule has 0 atom stereocenters. The Labute approximate surface area is 174 Å². The van der Waals surface area contributed by atoms with E-state index < -0.39 is 0 Å². The minimum Gasteiger partial charge on any atom is -0.456 e. The Morgan fingerprint density at radius 3 is 2.23 bits per heavy atom. The fourth-order valence-corrected chi connectivity index (χ4v) is 4.71. The van der Waals surface area contributed by atoms with Gasteiger partial charge in [-0.25, -0.2) is 0 Å². The van der Waals surface area contributed by atoms with Gasteiger partial charge in [0.2, 0.25) is 0 Å². The summed E-state index contributed by atoms with van der Waals surface area (Å²) in [5, 5.41) is 4.91. The van der Waals surface area contributed by atoms with E-state index in [0.29, 0.717) is 0 Å². The van der Waals surface area contributed by atoms with Gasteiger partial charge in [0.25, 0.3) is 0 Å². The number of anilines is 1. The van der Waals surface area contributed by atoms with Crippen LogP contribution in [0, 0.1) is 0 Å². The van der Waals surface area contributed by atoms with Crippen LogP contribution in [0.1, 0.15) is 0 Å². The van der Waals surface area contributed by atoms with Crippen LogP contribution in [-0.2, 0) is 7.05 Å². The predicted molar refractivity (Wildman–Crippen MR) is 127 cm³/mol. The van der Waals surface area contributed by atoms with Crippen molar-refractivity contribution in [1.82, 2.24) is 4.57 Å². The van der Waals surface area contributed by atoms with Gasteiger partial charge < -0.3 is 13.9 Å². The second kappa shape index (κ2) is 6.14. The summed E-state index contributed by atoms with van der Waals surface area (Å²) in [4.78, 5) is 2.14. The van der Waals surface area contributed by atoms with Crippen molar-refractivity contribution in [3.63, 3.8) is 0 Å². The maximum absolute atomic E-state index is 6.14. The van der Waals surface area contributed by atoms with E-state index >= 15 is 0 Å². The molecule has 0 saturated carbocycles. The zero-order valence-electron chi connectivity index (χ0n) is 17.3. The maximum Gasteiger partial charge on any atom is 0.137 e. The van der Waals surface area contributed by atoms with Crippen molar-refractivity contribution in [1.29, 1.82) is 0 Å². The summed E-state index contributed by atoms with van der Waals surface area (Å²) in [6.07, 6.45) is 0. The summed E-state index contributed by atoms with van der Waals surface area (Å²) in [6, 6.07) is 28.1. The third-order valence-corrected chi connectivity index (χ3v) is 6.20. The molecule has 0 aliphatic rings. The van der Waals surface area contributed by atoms with Crippen LogP contribution in [0.15, 0.2) is 83.3 Å². The molecule has 6 aromatic rings. The van der Waals surface area contributed by atoms with Gasteiger partial charge in [-0.2, -0.15) is 0 Å². The number of para-hydroxylation sites is 1. The molecule has 0 amide bonds. The zero-order chi connectivity index (χ0) is 20.4. The lowest BCUT2D eigenvalue weighted by Gasteiger charge is -2.13. The molecule has 0 radical (unpaired) electrons. The molecule has 146 valence electrons. The maximum atomic E-state index is 6.14. The number of aryl methyl sites for hydroxylation is 1. The first-order chi connectivity index (χ1) is 14.6. The van der Waals surface area contributed by atoms with Crippen molar-refractivity contribution in [2.45, 2.75) is 0 Å². The second-order valence-electron chi connectivity index (χ2n) is 8.17. The van der Waals surface area contributed by atoms with Gasteiger partial charge in [0.15, 0.2) is 0 Å². The first kappa shape index (κ1) is 17.2. The largest absolute Gasteiger partial charge is 0.456 e. The molecule has 0 spiro atoms. The van der Waals surface area contributed by atoms with Crippen molar-refractivity contribution in [3.05, 3.63) is 78.9 Å². The number of furan rings is 1. The molecule has 0 fully saturated rings. The highest BCUT2D eigenvalue weighted by Crippen LogP contribution is 2.38. The van der Waals surface area contributed by atoms with E-state index in [1.807, 2.05) is 6.07 Å². The number of hydrogen-bond acceptors (Lipinski definition) is 2. The van der Waals surface area contributed by atoms with Crippen LogP contribution >= 0.6 is 0 Å². The molecule has 0 N–H and O–H groups in total. The van der Waals surface area contributed by atoms with Crippen LogP contribution in [0.3, 0.4) is 0 Å². The van der Waals surface area contributed by atoms with E-state index in [-0.39, 0.29) is 0 Å². The molecule has 3 nitrogen and oxygen atoms in total. The Morgan fingerprint density at radius 1 is 0.667 bits per heavy atom. The van der Waals surface area contributed by atoms with E-state index in [4.69, 9.17) is 4.42 Å². The molecule has 4 aromatic carbocycles. The summed E-state index contributed by atoms with van der Waals surface area (Å²) in [5.74, 6) is 0. The van der Waals surface area contributed by atoms with Gasteiger partial charge in [-0.1, -0.05) is 36.4 Å². The SMILES string of the molecule is CN(C)c1cccc2oc3ccc(-c4ccc5c(c4)c4ccccc4n5C)cc3c12. The molecule has 0 aliphatic carbocycles. The van der Waals surface area contributed by atoms with Crippen LogP contribution in [0.2, 0.25) is 0 Å². The monoisotopic (exact) mass is 390 g/mol. The molecule has 6 rings (SSSR count). The lowest BCUT2D eigenvalue weighted by atomic mass is 10.00. The van der Waals surface area contributed by atoms with Gasteiger partial charge in [-0.15, -0.1) is 0 Å². The fraction of sp³-hybridized carbons (Fsp3) is 0.111. The topological polar surface area (TPSA) is 21.3 Å². The number of fused-ring (bicyclic) bond motifs is 6. The third-order valence-electron chi connectivity index (χ3n) is 6.20. The van der Waals surface area contributed by atoms with E-state index in [2.05, 4.69) is 103 Å². The van der Waals surface area contributed by atoms with E-state index in [1.165, 1.54) is 44.0 Å². The molecule has 0 bridgehead atoms. The van der Waals surface area contributed by atoms with Gasteiger partial charge in [0, 0.05) is 54.0 Å². The minimum atomic E-state index is 0.925. The highest BCUT2D eigenvalue weighted by atomic mass is 16.3. The summed E-state index contributed by atoms with van der Waals surface area (Å²) in [6.45, 7) is 0. The van der Waals surface area contributed by atoms with Crippen molar-refractivity contribution in [2.24, 2.45) is 7.05 Å². The lowest BCUT2D eigenvalue weighted by Crippen LogP contribution is -2.08. The molecular formula is C27H22N2O. The van der Waals surface area contributed by atoms with Crippen LogP contribution in [0.5, 0.6) is 0 Å². The summed E-state index contributed by atoms with van der Waals surface area (Å²) in [7, 11) is 6.29. The molecule has 2 aromatic heterocycles. The molecule has 0 aliphatic heterocycles. The number of aromatic nitrogens is 1. The smallest absolute Gasteiger partial charge is 0.137 e. The van der Waals surface area contributed by atoms with Gasteiger partial charge in [-0.3, -0.25) is 0 Å². The summed E-state index contributed by atoms with van der Waals surface area (Å²) in [5.41, 5.74) is 7.97. The van der Waals surface area contributed by atoms with Gasteiger partial charge >= 0.3 is 0 Å². The normalized spacial score (nSPS) is 11.8. The fourth-order valence-electron chi connectivity index (χ4n) is 4.71. The van der Waals surface area contributed by atoms with Gasteiger partial charge in [-0.05, 0) is 53.6 Å². The first-order valence-corrected chi connectivity index (χ1v) is 10.2. The van der Waals surface area contributed by atoms with Crippen LogP contribution < -0.4 is 4.90 Å². The van der Waals surface area contributed by atoms with Crippen molar-refractivity contribution < 1.29 is 4.42 Å². The average Bonchev–Trinajstić information content (AvgIpc) is 3.28. The third kappa shape index (κ3) is 2.32. The van der Waals surface area contributed by atoms with E-state index in [1.54, 1.807) is 0 Å². The first-order valence-electron chi connectivity index (χ1n) is 10.2. The Bertz CT molecular complexity index is 1580. The molecule has 3 heteroatoms. The number of rotatable bonds is 2. The minimum absolute atomic E-state index is 0.925. The Kier molecular flexibility index (Phi) is 3.51. The zero-order valence-corrected chi connectivity index (χ0v) is 17.3. The van der Waals surface area contributed by atoms with Crippen molar-refractivity contribution in [2.75, 3.05) is 19.0 Å². The Morgan fingerprint density at radius 2 is 1.40 bits per heavy atom. The Hall–Kier alpha value is -3.72. The summed E-state index contributed by atoms with van der Waals surface area (Å²) < 4.78 is 8.40. The molecular weight excluding hydrogens is 368 g/mol. The molecule has 0 unspecified atom stereocenters. The van der Waals surface area contributed by atoms with Crippen LogP contribution in [-0.4, -0.2) is 18.7 Å². The number of benzene rings is 4. The quantitative estimate of drug-likeness (QED) is 0.318. The second-order valence-corrected chi connectivity index (χ2v) is 8.17. The predicted octanol–water partition coefficient (Wildman–Crippen LogP) is 6.96. The van der Waals surface area contributed by atoms with Crippen LogP contribution in [0.4, 0.5) is 5.69 Å². The lowest BCUT2D eigenvalue weighted by molar-refractivity contribution is 0.669. The van der Waals surface area contributed by atoms with Crippen LogP contribution in [0.25, 0.3) is 54.9 Å². The van der Waals surface area contributed by atoms with Crippen molar-refractivity contribution in [3.8, 4) is 11.1 Å². The van der Waals surface area contributed by atoms with Gasteiger partial charge in [0.1, 0.15) is 11.2 Å². The standard InChI is InChI=1S/C27H22N2O/c1-28(2)24-9-6-10-26-27(24)21-16-18(12-14-25(21)30-26)17-11-13-23-20(15-17)19-7-4-5-8-22(19)29(23)3/h4-16H,1-3H3. The van der Waals surface area contributed by atoms with Gasteiger partial charge in [0.05, 0.1) is 5.39 Å². The number of nitrogens with zero attached hydrogens (tertiary/aromatic N) is 2. The van der Waals surface area contributed by atoms with Crippen molar-refractivity contribution >= 4 is 49.4 Å².